The summed E-state index contributed by atoms with van der Waals surface area (Å²) in [4.78, 5) is 23.3. The number of ketones is 1. The number of carbonyl (C=O) groups excluding carboxylic acids is 1. The first-order chi connectivity index (χ1) is 13.3. The molecule has 6 nitrogen and oxygen atoms in total. The molecule has 163 valence electrons. The van der Waals surface area contributed by atoms with Crippen LogP contribution in [0, 0.1) is 49.4 Å². The summed E-state index contributed by atoms with van der Waals surface area (Å²) >= 11 is 0. The first-order valence-electron chi connectivity index (χ1n) is 8.16. The van der Waals surface area contributed by atoms with Crippen molar-refractivity contribution in [2.75, 3.05) is 0 Å². The molecule has 1 aromatic heterocycles. The van der Waals surface area contributed by atoms with Gasteiger partial charge >= 0.3 is 11.8 Å². The summed E-state index contributed by atoms with van der Waals surface area (Å²) in [5.41, 5.74) is -1.75. The number of halogens is 3. The molecule has 0 bridgehead atoms. The first-order valence-corrected chi connectivity index (χ1v) is 8.16. The maximum Gasteiger partial charge on any atom is 0.455 e. The summed E-state index contributed by atoms with van der Waals surface area (Å²) in [5, 5.41) is 12.0. The second-order valence-corrected chi connectivity index (χ2v) is 6.21. The standard InChI is InChI=1S/C21H11F3O4.Eu.2H2O/c22-21(23,24)19(26)17-18(25)15-10-14(7-8-16(15)28-20(17)27)13-6-5-11-3-1-2-4-12(11)9-13;;;/h1-10,25H;;2*1H2. The van der Waals surface area contributed by atoms with Crippen molar-refractivity contribution in [1.82, 2.24) is 0 Å². The van der Waals surface area contributed by atoms with E-state index in [1.165, 1.54) is 12.1 Å². The molecule has 1 radical (unpaired) electrons. The fourth-order valence-corrected chi connectivity index (χ4v) is 3.08. The van der Waals surface area contributed by atoms with Crippen molar-refractivity contribution in [3.05, 3.63) is 76.6 Å². The predicted octanol–water partition coefficient (Wildman–Crippen LogP) is 3.41. The first kappa shape index (κ1) is 26.9. The van der Waals surface area contributed by atoms with Crippen molar-refractivity contribution in [2.45, 2.75) is 6.18 Å². The van der Waals surface area contributed by atoms with Crippen LogP contribution >= 0.6 is 0 Å². The minimum absolute atomic E-state index is 0. The summed E-state index contributed by atoms with van der Waals surface area (Å²) in [7, 11) is 0. The largest absolute Gasteiger partial charge is 0.506 e. The van der Waals surface area contributed by atoms with Crippen molar-refractivity contribution in [2.24, 2.45) is 0 Å². The van der Waals surface area contributed by atoms with Crippen molar-refractivity contribution >= 4 is 27.5 Å². The van der Waals surface area contributed by atoms with Gasteiger partial charge in [0.05, 0.1) is 5.39 Å². The molecule has 1 heterocycles. The summed E-state index contributed by atoms with van der Waals surface area (Å²) in [6, 6.07) is 17.6. The Kier molecular flexibility index (Phi) is 8.70. The molecule has 0 saturated carbocycles. The molecule has 0 aliphatic heterocycles. The molecule has 0 saturated heterocycles. The van der Waals surface area contributed by atoms with E-state index in [1.807, 2.05) is 42.5 Å². The van der Waals surface area contributed by atoms with Crippen LogP contribution in [-0.4, -0.2) is 28.0 Å². The van der Waals surface area contributed by atoms with Gasteiger partial charge in [0, 0.05) is 49.4 Å². The Morgan fingerprint density at radius 3 is 2.10 bits per heavy atom. The molecule has 0 atom stereocenters. The van der Waals surface area contributed by atoms with Crippen LogP contribution in [0.15, 0.2) is 69.9 Å². The molecule has 0 fully saturated rings. The molecular formula is C21H15EuF3O6. The maximum atomic E-state index is 12.7. The van der Waals surface area contributed by atoms with E-state index < -0.39 is 28.9 Å². The molecule has 0 amide bonds. The van der Waals surface area contributed by atoms with Gasteiger partial charge in [-0.1, -0.05) is 42.5 Å². The van der Waals surface area contributed by atoms with E-state index in [0.717, 1.165) is 16.3 Å². The molecule has 0 spiro atoms. The van der Waals surface area contributed by atoms with Crippen molar-refractivity contribution in [3.63, 3.8) is 0 Å². The number of alkyl halides is 3. The van der Waals surface area contributed by atoms with E-state index in [9.17, 15) is 27.9 Å². The summed E-state index contributed by atoms with van der Waals surface area (Å²) in [6.07, 6.45) is -5.31. The number of fused-ring (bicyclic) bond motifs is 2. The molecule has 0 aliphatic carbocycles. The van der Waals surface area contributed by atoms with Crippen LogP contribution in [0.5, 0.6) is 5.75 Å². The number of hydrogen-bond acceptors (Lipinski definition) is 4. The van der Waals surface area contributed by atoms with E-state index >= 15 is 0 Å². The minimum atomic E-state index is -5.31. The quantitative estimate of drug-likeness (QED) is 0.292. The van der Waals surface area contributed by atoms with Gasteiger partial charge in [-0.15, -0.1) is 0 Å². The summed E-state index contributed by atoms with van der Waals surface area (Å²) in [5.74, 6) is -3.49. The van der Waals surface area contributed by atoms with Gasteiger partial charge in [0.15, 0.2) is 5.56 Å². The molecule has 4 rings (SSSR count). The van der Waals surface area contributed by atoms with Crippen LogP contribution in [0.2, 0.25) is 0 Å². The Labute approximate surface area is 213 Å². The van der Waals surface area contributed by atoms with Crippen LogP contribution in [0.25, 0.3) is 32.9 Å². The zero-order valence-corrected chi connectivity index (χ0v) is 17.9. The third-order valence-corrected chi connectivity index (χ3v) is 4.45. The second kappa shape index (κ2) is 10.0. The zero-order chi connectivity index (χ0) is 20.1. The number of carbonyl (C=O) groups is 1. The fraction of sp³-hybridized carbons (Fsp3) is 0.0476. The van der Waals surface area contributed by atoms with Gasteiger partial charge in [0.1, 0.15) is 11.3 Å². The number of Topliss-reactive ketones (excluding diaryl/α,β-unsaturated/α-hetero) is 1. The topological polar surface area (TPSA) is 131 Å². The molecule has 31 heavy (non-hydrogen) atoms. The second-order valence-electron chi connectivity index (χ2n) is 6.21. The average Bonchev–Trinajstić information content (AvgIpc) is 2.66. The van der Waals surface area contributed by atoms with Gasteiger partial charge in [-0.3, -0.25) is 4.79 Å². The Morgan fingerprint density at radius 1 is 0.871 bits per heavy atom. The number of benzene rings is 3. The summed E-state index contributed by atoms with van der Waals surface area (Å²) < 4.78 is 43.1. The zero-order valence-electron chi connectivity index (χ0n) is 15.5. The number of rotatable bonds is 2. The van der Waals surface area contributed by atoms with Crippen LogP contribution in [0.4, 0.5) is 13.2 Å². The molecule has 3 aromatic carbocycles. The van der Waals surface area contributed by atoms with E-state index in [0.29, 0.717) is 5.56 Å². The molecular weight excluding hydrogens is 557 g/mol. The van der Waals surface area contributed by atoms with Gasteiger partial charge in [0.2, 0.25) is 0 Å². The van der Waals surface area contributed by atoms with Crippen molar-refractivity contribution < 1.29 is 87.8 Å². The Bertz CT molecular complexity index is 1310. The van der Waals surface area contributed by atoms with Gasteiger partial charge < -0.3 is 20.5 Å². The normalized spacial score (nSPS) is 10.7. The van der Waals surface area contributed by atoms with Crippen LogP contribution in [0.3, 0.4) is 0 Å². The van der Waals surface area contributed by atoms with Crippen LogP contribution in [-0.2, 0) is 0 Å². The smallest absolute Gasteiger partial charge is 0.455 e. The third-order valence-electron chi connectivity index (χ3n) is 4.45. The number of hydrogen-bond donors (Lipinski definition) is 1. The van der Waals surface area contributed by atoms with Gasteiger partial charge in [-0.2, -0.15) is 13.2 Å². The van der Waals surface area contributed by atoms with Crippen LogP contribution < -0.4 is 5.63 Å². The monoisotopic (exact) mass is 573 g/mol. The average molecular weight is 572 g/mol. The molecule has 4 aromatic rings. The van der Waals surface area contributed by atoms with E-state index in [-0.39, 0.29) is 71.3 Å². The Hall–Kier alpha value is -2.11. The SMILES string of the molecule is O.O.O=C(c1c(O)c2cc(-c3ccc4ccccc4c3)ccc2oc1=O)C(F)(F)F.[Eu]. The molecule has 0 unspecified atom stereocenters. The maximum absolute atomic E-state index is 12.7. The van der Waals surface area contributed by atoms with Crippen molar-refractivity contribution in [3.8, 4) is 16.9 Å². The predicted molar refractivity (Wildman–Crippen MR) is 105 cm³/mol. The number of aromatic hydroxyl groups is 1. The van der Waals surface area contributed by atoms with E-state index in [4.69, 9.17) is 4.42 Å². The van der Waals surface area contributed by atoms with Gasteiger partial charge in [0.25, 0.3) is 5.78 Å². The minimum Gasteiger partial charge on any atom is -0.506 e. The van der Waals surface area contributed by atoms with E-state index in [2.05, 4.69) is 0 Å². The molecule has 10 heteroatoms. The van der Waals surface area contributed by atoms with E-state index in [1.54, 1.807) is 6.07 Å². The van der Waals surface area contributed by atoms with Gasteiger partial charge in [-0.05, 0) is 40.1 Å². The van der Waals surface area contributed by atoms with Crippen molar-refractivity contribution in [1.29, 1.82) is 0 Å². The summed E-state index contributed by atoms with van der Waals surface area (Å²) in [6.45, 7) is 0. The van der Waals surface area contributed by atoms with Gasteiger partial charge in [-0.25, -0.2) is 4.79 Å². The molecule has 0 aliphatic rings. The molecule has 5 N–H and O–H groups in total. The van der Waals surface area contributed by atoms with Crippen LogP contribution in [0.1, 0.15) is 10.4 Å². The fourth-order valence-electron chi connectivity index (χ4n) is 3.08. The third kappa shape index (κ3) is 5.04. The Morgan fingerprint density at radius 2 is 1.45 bits per heavy atom. The Balaban J connectivity index is 0.00000160.